The molecule has 3 unspecified atom stereocenters. The molecule has 3 N–H and O–H groups in total. The van der Waals surface area contributed by atoms with E-state index in [2.05, 4.69) is 86.8 Å². The third-order valence-electron chi connectivity index (χ3n) is 11.3. The molecule has 6 heteroatoms. The van der Waals surface area contributed by atoms with E-state index in [9.17, 15) is 19.8 Å². The van der Waals surface area contributed by atoms with Crippen molar-refractivity contribution in [3.63, 3.8) is 0 Å². The lowest BCUT2D eigenvalue weighted by Gasteiger charge is -2.23. The fourth-order valence-electron chi connectivity index (χ4n) is 7.32. The Kier molecular flexibility index (Phi) is 46.2. The van der Waals surface area contributed by atoms with Gasteiger partial charge in [0.25, 0.3) is 0 Å². The number of allylic oxidation sites excluding steroid dienone is 11. The second kappa shape index (κ2) is 48.3. The summed E-state index contributed by atoms with van der Waals surface area (Å²) in [5.74, 6) is -0.641. The lowest BCUT2D eigenvalue weighted by molar-refractivity contribution is -0.148. The number of aliphatic hydroxyl groups is 2. The summed E-state index contributed by atoms with van der Waals surface area (Å²) in [6.45, 7) is 6.40. The summed E-state index contributed by atoms with van der Waals surface area (Å²) in [7, 11) is 0. The first-order valence-electron chi connectivity index (χ1n) is 25.7. The molecule has 1 amide bonds. The van der Waals surface area contributed by atoms with E-state index in [-0.39, 0.29) is 24.9 Å². The maximum absolute atomic E-state index is 13.1. The van der Waals surface area contributed by atoms with Gasteiger partial charge in [0.15, 0.2) is 0 Å². The Bertz CT molecular complexity index is 1140. The van der Waals surface area contributed by atoms with Crippen LogP contribution in [-0.4, -0.2) is 46.9 Å². The predicted octanol–water partition coefficient (Wildman–Crippen LogP) is 15.4. The van der Waals surface area contributed by atoms with Crippen molar-refractivity contribution in [1.29, 1.82) is 0 Å². The van der Waals surface area contributed by atoms with Crippen molar-refractivity contribution in [2.75, 3.05) is 6.61 Å². The van der Waals surface area contributed by atoms with Crippen LogP contribution in [0.5, 0.6) is 0 Å². The smallest absolute Gasteiger partial charge is 0.306 e. The van der Waals surface area contributed by atoms with Gasteiger partial charge in [-0.1, -0.05) is 216 Å². The quantitative estimate of drug-likeness (QED) is 0.0322. The molecule has 0 aromatic rings. The first kappa shape index (κ1) is 58.3. The van der Waals surface area contributed by atoms with E-state index in [1.165, 1.54) is 122 Å². The summed E-state index contributed by atoms with van der Waals surface area (Å²) in [6.07, 6.45) is 61.3. The van der Waals surface area contributed by atoms with Crippen LogP contribution in [0, 0.1) is 0 Å². The fourth-order valence-corrected chi connectivity index (χ4v) is 7.32. The van der Waals surface area contributed by atoms with Crippen LogP contribution in [0.2, 0.25) is 0 Å². The molecule has 0 aliphatic heterocycles. The first-order chi connectivity index (χ1) is 30.0. The van der Waals surface area contributed by atoms with Gasteiger partial charge in [-0.2, -0.15) is 0 Å². The van der Waals surface area contributed by atoms with Crippen molar-refractivity contribution in [3.8, 4) is 0 Å². The molecule has 0 aromatic heterocycles. The van der Waals surface area contributed by atoms with Gasteiger partial charge in [-0.05, 0) is 83.1 Å². The molecule has 0 saturated heterocycles. The average molecular weight is 852 g/mol. The van der Waals surface area contributed by atoms with Crippen molar-refractivity contribution < 1.29 is 24.5 Å². The number of rotatable bonds is 45. The van der Waals surface area contributed by atoms with E-state index in [1.54, 1.807) is 0 Å². The minimum atomic E-state index is -0.818. The highest BCUT2D eigenvalue weighted by atomic mass is 16.5. The number of nitrogens with one attached hydrogen (secondary N) is 1. The van der Waals surface area contributed by atoms with Crippen LogP contribution in [0.3, 0.4) is 0 Å². The summed E-state index contributed by atoms with van der Waals surface area (Å²) < 4.78 is 5.81. The van der Waals surface area contributed by atoms with Crippen molar-refractivity contribution in [1.82, 2.24) is 5.32 Å². The maximum atomic E-state index is 13.1. The molecule has 0 radical (unpaired) electrons. The van der Waals surface area contributed by atoms with Crippen LogP contribution in [0.15, 0.2) is 72.9 Å². The molecule has 3 atom stereocenters. The second-order valence-electron chi connectivity index (χ2n) is 17.2. The number of ether oxygens (including phenoxy) is 1. The van der Waals surface area contributed by atoms with Crippen LogP contribution >= 0.6 is 0 Å². The molecule has 0 heterocycles. The summed E-state index contributed by atoms with van der Waals surface area (Å²) in [4.78, 5) is 26.0. The average Bonchev–Trinajstić information content (AvgIpc) is 3.25. The van der Waals surface area contributed by atoms with Gasteiger partial charge in [0.2, 0.25) is 5.91 Å². The van der Waals surface area contributed by atoms with Gasteiger partial charge in [0.05, 0.1) is 25.2 Å². The van der Waals surface area contributed by atoms with Crippen molar-refractivity contribution in [2.45, 2.75) is 257 Å². The Morgan fingerprint density at radius 3 is 1.34 bits per heavy atom. The lowest BCUT2D eigenvalue weighted by atomic mass is 10.0. The number of unbranched alkanes of at least 4 members (excludes halogenated alkanes) is 23. The maximum Gasteiger partial charge on any atom is 0.306 e. The first-order valence-corrected chi connectivity index (χ1v) is 25.7. The molecule has 6 nitrogen and oxygen atoms in total. The number of aliphatic hydroxyl groups excluding tert-OH is 2. The van der Waals surface area contributed by atoms with Gasteiger partial charge in [-0.3, -0.25) is 9.59 Å². The zero-order chi connectivity index (χ0) is 44.5. The minimum absolute atomic E-state index is 0.0440. The van der Waals surface area contributed by atoms with Crippen molar-refractivity contribution in [2.24, 2.45) is 0 Å². The zero-order valence-corrected chi connectivity index (χ0v) is 40.0. The van der Waals surface area contributed by atoms with Gasteiger partial charge < -0.3 is 20.3 Å². The lowest BCUT2D eigenvalue weighted by Crippen LogP contribution is -2.46. The molecule has 0 aromatic carbocycles. The number of amides is 1. The predicted molar refractivity (Wildman–Crippen MR) is 264 cm³/mol. The van der Waals surface area contributed by atoms with E-state index < -0.39 is 18.2 Å². The number of carbonyl (C=O) groups excluding carboxylic acids is 2. The van der Waals surface area contributed by atoms with Crippen LogP contribution in [-0.2, 0) is 14.3 Å². The molecular formula is C55H97NO5. The van der Waals surface area contributed by atoms with Crippen LogP contribution in [0.1, 0.15) is 239 Å². The Morgan fingerprint density at radius 1 is 0.492 bits per heavy atom. The van der Waals surface area contributed by atoms with Gasteiger partial charge in [-0.15, -0.1) is 0 Å². The van der Waals surface area contributed by atoms with Crippen LogP contribution in [0.4, 0.5) is 0 Å². The Hall–Kier alpha value is -2.70. The number of carbonyl (C=O) groups is 2. The Balaban J connectivity index is 4.66. The molecular weight excluding hydrogens is 755 g/mol. The highest BCUT2D eigenvalue weighted by Gasteiger charge is 2.23. The van der Waals surface area contributed by atoms with E-state index in [0.29, 0.717) is 19.3 Å². The molecule has 0 rings (SSSR count). The topological polar surface area (TPSA) is 95.9 Å². The molecule has 0 fully saturated rings. The van der Waals surface area contributed by atoms with Crippen molar-refractivity contribution in [3.05, 3.63) is 72.9 Å². The Labute approximate surface area is 377 Å². The van der Waals surface area contributed by atoms with Crippen molar-refractivity contribution >= 4 is 11.9 Å². The summed E-state index contributed by atoms with van der Waals surface area (Å²) in [5.41, 5.74) is 0. The van der Waals surface area contributed by atoms with E-state index in [1.807, 2.05) is 12.2 Å². The third-order valence-corrected chi connectivity index (χ3v) is 11.3. The molecule has 0 spiro atoms. The van der Waals surface area contributed by atoms with E-state index in [0.717, 1.165) is 70.6 Å². The minimum Gasteiger partial charge on any atom is -0.458 e. The number of hydrogen-bond acceptors (Lipinski definition) is 5. The largest absolute Gasteiger partial charge is 0.458 e. The van der Waals surface area contributed by atoms with Gasteiger partial charge in [0, 0.05) is 6.42 Å². The molecule has 61 heavy (non-hydrogen) atoms. The molecule has 0 aliphatic rings. The van der Waals surface area contributed by atoms with E-state index >= 15 is 0 Å². The second-order valence-corrected chi connectivity index (χ2v) is 17.2. The molecule has 0 aliphatic carbocycles. The molecule has 0 saturated carbocycles. The molecule has 0 bridgehead atoms. The number of esters is 1. The fraction of sp³-hybridized carbons (Fsp3) is 0.745. The summed E-state index contributed by atoms with van der Waals surface area (Å²) in [5, 5.41) is 23.7. The summed E-state index contributed by atoms with van der Waals surface area (Å²) >= 11 is 0. The number of hydrogen-bond donors (Lipinski definition) is 3. The Morgan fingerprint density at radius 2 is 0.869 bits per heavy atom. The van der Waals surface area contributed by atoms with Gasteiger partial charge >= 0.3 is 5.97 Å². The standard InChI is InChI=1S/C55H97NO5/c1-4-7-10-13-16-19-22-24-25-26-27-28-29-30-33-36-39-42-45-48-55(60)61-51(46-43-40-37-34-31-21-18-15-12-9-6-3)49-54(59)56-52(50-57)53(58)47-44-41-38-35-32-23-20-17-14-11-8-5-2/h16,19,24-25,27-28,30,33-34,37,43,46,51-53,57-58H,4-15,17-18,20-23,26,29,31-32,35-36,38-42,44-45,47-50H2,1-3H3,(H,56,59)/b19-16-,25-24-,28-27-,33-30-,37-34-,46-43+. The van der Waals surface area contributed by atoms with Gasteiger partial charge in [0.1, 0.15) is 6.10 Å². The zero-order valence-electron chi connectivity index (χ0n) is 40.0. The SMILES string of the molecule is CCCCC/C=C\C/C=C\C/C=C\C/C=C\CCCCCC(=O)OC(/C=C/C/C=C\CCCCCCCC)CC(=O)NC(CO)C(O)CCCCCCCCCCCCCC. The highest BCUT2D eigenvalue weighted by Crippen LogP contribution is 2.15. The van der Waals surface area contributed by atoms with Crippen LogP contribution in [0.25, 0.3) is 0 Å². The monoisotopic (exact) mass is 852 g/mol. The normalized spacial score (nSPS) is 13.9. The highest BCUT2D eigenvalue weighted by molar-refractivity contribution is 5.78. The third kappa shape index (κ3) is 43.7. The molecule has 352 valence electrons. The van der Waals surface area contributed by atoms with Gasteiger partial charge in [-0.25, -0.2) is 0 Å². The summed E-state index contributed by atoms with van der Waals surface area (Å²) in [6, 6.07) is -0.741. The van der Waals surface area contributed by atoms with E-state index in [4.69, 9.17) is 4.74 Å². The van der Waals surface area contributed by atoms with Crippen LogP contribution < -0.4 is 5.32 Å².